The van der Waals surface area contributed by atoms with E-state index < -0.39 is 10.0 Å². The fourth-order valence-electron chi connectivity index (χ4n) is 1.39. The van der Waals surface area contributed by atoms with Crippen molar-refractivity contribution >= 4 is 10.0 Å². The second-order valence-corrected chi connectivity index (χ2v) is 4.90. The van der Waals surface area contributed by atoms with Gasteiger partial charge >= 0.3 is 0 Å². The molecule has 0 aliphatic heterocycles. The van der Waals surface area contributed by atoms with E-state index in [1.807, 2.05) is 0 Å². The molecular formula is C10H11N3O3S. The van der Waals surface area contributed by atoms with Gasteiger partial charge in [-0.25, -0.2) is 13.1 Å². The van der Waals surface area contributed by atoms with Gasteiger partial charge in [-0.05, 0) is 18.2 Å². The fourth-order valence-corrected chi connectivity index (χ4v) is 2.55. The maximum absolute atomic E-state index is 11.8. The molecule has 0 unspecified atom stereocenters. The zero-order valence-electron chi connectivity index (χ0n) is 9.12. The number of hydrogen-bond acceptors (Lipinski definition) is 5. The minimum Gasteiger partial charge on any atom is -0.451 e. The van der Waals surface area contributed by atoms with Gasteiger partial charge in [-0.1, -0.05) is 6.92 Å². The van der Waals surface area contributed by atoms with E-state index in [9.17, 15) is 8.42 Å². The molecule has 0 saturated heterocycles. The molecule has 2 heterocycles. The highest BCUT2D eigenvalue weighted by Gasteiger charge is 2.23. The van der Waals surface area contributed by atoms with Crippen LogP contribution in [0.4, 0.5) is 0 Å². The smallest absolute Gasteiger partial charge is 0.274 e. The predicted molar refractivity (Wildman–Crippen MR) is 60.6 cm³/mol. The molecule has 0 bridgehead atoms. The summed E-state index contributed by atoms with van der Waals surface area (Å²) in [5.41, 5.74) is 0.858. The minimum atomic E-state index is -3.63. The van der Waals surface area contributed by atoms with E-state index >= 15 is 0 Å². The van der Waals surface area contributed by atoms with Crippen molar-refractivity contribution in [1.29, 1.82) is 0 Å². The van der Waals surface area contributed by atoms with Crippen LogP contribution in [0.15, 0.2) is 40.2 Å². The largest absolute Gasteiger partial charge is 0.451 e. The Labute approximate surface area is 98.7 Å². The lowest BCUT2D eigenvalue weighted by Crippen LogP contribution is -2.23. The summed E-state index contributed by atoms with van der Waals surface area (Å²) < 4.78 is 31.1. The van der Waals surface area contributed by atoms with Gasteiger partial charge in [-0.3, -0.25) is 0 Å². The van der Waals surface area contributed by atoms with Crippen LogP contribution in [-0.2, 0) is 10.0 Å². The normalized spacial score (nSPS) is 11.6. The van der Waals surface area contributed by atoms with Gasteiger partial charge < -0.3 is 4.42 Å². The molecule has 0 aromatic carbocycles. The Morgan fingerprint density at radius 1 is 1.41 bits per heavy atom. The topological polar surface area (TPSA) is 85.1 Å². The quantitative estimate of drug-likeness (QED) is 0.879. The molecule has 2 rings (SSSR count). The van der Waals surface area contributed by atoms with Crippen LogP contribution in [0.25, 0.3) is 11.3 Å². The van der Waals surface area contributed by atoms with E-state index in [4.69, 9.17) is 4.42 Å². The van der Waals surface area contributed by atoms with Crippen LogP contribution >= 0.6 is 0 Å². The lowest BCUT2D eigenvalue weighted by atomic mass is 10.2. The molecule has 1 N–H and O–H groups in total. The van der Waals surface area contributed by atoms with Crippen molar-refractivity contribution in [2.45, 2.75) is 12.0 Å². The molecule has 0 radical (unpaired) electrons. The highest BCUT2D eigenvalue weighted by atomic mass is 32.2. The van der Waals surface area contributed by atoms with Crippen molar-refractivity contribution in [3.8, 4) is 11.3 Å². The Morgan fingerprint density at radius 2 is 2.24 bits per heavy atom. The van der Waals surface area contributed by atoms with Crippen LogP contribution < -0.4 is 4.72 Å². The maximum Gasteiger partial charge on any atom is 0.274 e. The molecule has 0 amide bonds. The second kappa shape index (κ2) is 4.64. The molecule has 17 heavy (non-hydrogen) atoms. The average molecular weight is 253 g/mol. The van der Waals surface area contributed by atoms with E-state index in [0.717, 1.165) is 0 Å². The van der Waals surface area contributed by atoms with Gasteiger partial charge in [-0.2, -0.15) is 10.2 Å². The van der Waals surface area contributed by atoms with Crippen LogP contribution in [0.3, 0.4) is 0 Å². The summed E-state index contributed by atoms with van der Waals surface area (Å²) in [6.45, 7) is 1.99. The van der Waals surface area contributed by atoms with Gasteiger partial charge in [0.2, 0.25) is 5.09 Å². The van der Waals surface area contributed by atoms with E-state index in [-0.39, 0.29) is 5.09 Å². The summed E-state index contributed by atoms with van der Waals surface area (Å²) in [6.07, 6.45) is 2.83. The lowest BCUT2D eigenvalue weighted by molar-refractivity contribution is 0.448. The number of hydrogen-bond donors (Lipinski definition) is 1. The van der Waals surface area contributed by atoms with Crippen molar-refractivity contribution in [3.63, 3.8) is 0 Å². The molecule has 0 atom stereocenters. The fraction of sp³-hybridized carbons (Fsp3) is 0.200. The summed E-state index contributed by atoms with van der Waals surface area (Å²) >= 11 is 0. The summed E-state index contributed by atoms with van der Waals surface area (Å²) in [4.78, 5) is 0. The summed E-state index contributed by atoms with van der Waals surface area (Å²) in [6, 6.07) is 4.90. The highest BCUT2D eigenvalue weighted by molar-refractivity contribution is 7.89. The Bertz CT molecular complexity index is 592. The number of nitrogens with zero attached hydrogens (tertiary/aromatic N) is 2. The first-order chi connectivity index (χ1) is 8.15. The van der Waals surface area contributed by atoms with Crippen LogP contribution in [0.5, 0.6) is 0 Å². The molecule has 2 aromatic heterocycles. The van der Waals surface area contributed by atoms with Gasteiger partial charge in [0.05, 0.1) is 17.5 Å². The summed E-state index contributed by atoms with van der Waals surface area (Å²) in [5, 5.41) is 7.42. The Balaban J connectivity index is 2.50. The van der Waals surface area contributed by atoms with Crippen LogP contribution in [-0.4, -0.2) is 25.2 Å². The van der Waals surface area contributed by atoms with Crippen molar-refractivity contribution < 1.29 is 12.8 Å². The highest BCUT2D eigenvalue weighted by Crippen LogP contribution is 2.26. The van der Waals surface area contributed by atoms with Crippen molar-refractivity contribution in [2.75, 3.05) is 6.54 Å². The van der Waals surface area contributed by atoms with Crippen molar-refractivity contribution in [3.05, 3.63) is 30.7 Å². The Morgan fingerprint density at radius 3 is 2.88 bits per heavy atom. The van der Waals surface area contributed by atoms with Crippen LogP contribution in [0.2, 0.25) is 0 Å². The van der Waals surface area contributed by atoms with E-state index in [0.29, 0.717) is 17.8 Å². The first-order valence-corrected chi connectivity index (χ1v) is 6.48. The minimum absolute atomic E-state index is 0.139. The number of rotatable bonds is 4. The Hall–Kier alpha value is -1.73. The second-order valence-electron chi connectivity index (χ2n) is 3.23. The van der Waals surface area contributed by atoms with Gasteiger partial charge in [0.1, 0.15) is 0 Å². The van der Waals surface area contributed by atoms with E-state index in [2.05, 4.69) is 14.9 Å². The third-order valence-corrected chi connectivity index (χ3v) is 3.53. The van der Waals surface area contributed by atoms with Crippen LogP contribution in [0, 0.1) is 0 Å². The molecular weight excluding hydrogens is 242 g/mol. The lowest BCUT2D eigenvalue weighted by Gasteiger charge is -2.03. The summed E-state index contributed by atoms with van der Waals surface area (Å²) in [5.74, 6) is 0. The standard InChI is InChI=1S/C10H11N3O3S/c1-2-12-17(14,15)10-8(5-7-16-10)9-4-3-6-11-13-9/h3-7,12H,2H2,1H3. The van der Waals surface area contributed by atoms with Gasteiger partial charge in [-0.15, -0.1) is 0 Å². The first-order valence-electron chi connectivity index (χ1n) is 5.00. The Kier molecular flexibility index (Phi) is 3.21. The summed E-state index contributed by atoms with van der Waals surface area (Å²) in [7, 11) is -3.63. The maximum atomic E-state index is 11.8. The van der Waals surface area contributed by atoms with E-state index in [1.165, 1.54) is 12.5 Å². The SMILES string of the molecule is CCNS(=O)(=O)c1occc1-c1cccnn1. The molecule has 0 saturated carbocycles. The number of nitrogens with one attached hydrogen (secondary N) is 1. The molecule has 0 aliphatic carbocycles. The number of furan rings is 1. The van der Waals surface area contributed by atoms with Crippen LogP contribution in [0.1, 0.15) is 6.92 Å². The third kappa shape index (κ3) is 2.34. The average Bonchev–Trinajstić information content (AvgIpc) is 2.79. The molecule has 7 heteroatoms. The number of sulfonamides is 1. The molecule has 0 fully saturated rings. The molecule has 6 nitrogen and oxygen atoms in total. The molecule has 0 aliphatic rings. The third-order valence-electron chi connectivity index (χ3n) is 2.06. The molecule has 2 aromatic rings. The zero-order valence-corrected chi connectivity index (χ0v) is 9.94. The van der Waals surface area contributed by atoms with Gasteiger partial charge in [0.25, 0.3) is 10.0 Å². The first kappa shape index (κ1) is 11.7. The van der Waals surface area contributed by atoms with Crippen molar-refractivity contribution in [2.24, 2.45) is 0 Å². The van der Waals surface area contributed by atoms with Gasteiger partial charge in [0.15, 0.2) is 0 Å². The molecule has 90 valence electrons. The van der Waals surface area contributed by atoms with E-state index in [1.54, 1.807) is 25.1 Å². The van der Waals surface area contributed by atoms with Gasteiger partial charge in [0, 0.05) is 12.7 Å². The monoisotopic (exact) mass is 253 g/mol. The predicted octanol–water partition coefficient (Wildman–Crippen LogP) is 1.03. The number of aromatic nitrogens is 2. The molecule has 0 spiro atoms. The zero-order chi connectivity index (χ0) is 12.3. The van der Waals surface area contributed by atoms with Crippen molar-refractivity contribution in [1.82, 2.24) is 14.9 Å².